The van der Waals surface area contributed by atoms with E-state index in [1.54, 1.807) is 0 Å². The number of aromatic nitrogens is 1. The molecule has 4 heteroatoms. The highest BCUT2D eigenvalue weighted by Crippen LogP contribution is 2.44. The molecule has 0 atom stereocenters. The second kappa shape index (κ2) is 5.44. The van der Waals surface area contributed by atoms with E-state index >= 15 is 0 Å². The van der Waals surface area contributed by atoms with Crippen LogP contribution in [-0.4, -0.2) is 4.98 Å². The molecule has 0 radical (unpaired) electrons. The van der Waals surface area contributed by atoms with Crippen molar-refractivity contribution in [3.8, 4) is 12.1 Å². The summed E-state index contributed by atoms with van der Waals surface area (Å²) in [5, 5.41) is 18.8. The first-order valence-electron chi connectivity index (χ1n) is 7.17. The smallest absolute Gasteiger partial charge is 0.142 e. The van der Waals surface area contributed by atoms with Crippen LogP contribution >= 0.6 is 0 Å². The Kier molecular flexibility index (Phi) is 3.44. The van der Waals surface area contributed by atoms with Gasteiger partial charge in [0.25, 0.3) is 0 Å². The van der Waals surface area contributed by atoms with Crippen LogP contribution in [0.15, 0.2) is 35.9 Å². The Bertz CT molecular complexity index is 952. The third kappa shape index (κ3) is 2.18. The highest BCUT2D eigenvalue weighted by Gasteiger charge is 2.29. The van der Waals surface area contributed by atoms with Crippen LogP contribution in [0.5, 0.6) is 0 Å². The van der Waals surface area contributed by atoms with Crippen molar-refractivity contribution < 1.29 is 0 Å². The normalized spacial score (nSPS) is 14.5. The molecule has 0 saturated heterocycles. The Hall–Kier alpha value is -3.37. The van der Waals surface area contributed by atoms with Crippen LogP contribution in [0.3, 0.4) is 0 Å². The largest absolute Gasteiger partial charge is 0.383 e. The quantitative estimate of drug-likeness (QED) is 0.869. The molecule has 1 aromatic heterocycles. The summed E-state index contributed by atoms with van der Waals surface area (Å²) in [6.45, 7) is 3.75. The number of allylic oxidation sites excluding steroid dienone is 3. The summed E-state index contributed by atoms with van der Waals surface area (Å²) in [7, 11) is 0. The van der Waals surface area contributed by atoms with E-state index in [-0.39, 0.29) is 5.82 Å². The molecule has 0 unspecified atom stereocenters. The second-order valence-corrected chi connectivity index (χ2v) is 5.41. The van der Waals surface area contributed by atoms with Crippen molar-refractivity contribution in [3.63, 3.8) is 0 Å². The number of pyridine rings is 1. The molecule has 4 nitrogen and oxygen atoms in total. The fraction of sp³-hybridized carbons (Fsp3) is 0.105. The standard InChI is InChI=1S/C19H14N4/c1-11-14(8-13-6-4-3-5-7-13)17-12(2)16(10-21)19(22)23-18(17)15(11)9-20/h3-8H,1-2H3,(H2,22,23)/b14-8+. The molecular formula is C19H14N4. The number of hydrogen-bond acceptors (Lipinski definition) is 4. The fourth-order valence-corrected chi connectivity index (χ4v) is 2.91. The van der Waals surface area contributed by atoms with Gasteiger partial charge in [0, 0.05) is 5.56 Å². The molecule has 0 spiro atoms. The zero-order valence-electron chi connectivity index (χ0n) is 12.9. The Balaban J connectivity index is 2.35. The first-order chi connectivity index (χ1) is 11.1. The van der Waals surface area contributed by atoms with E-state index in [1.165, 1.54) is 0 Å². The predicted molar refractivity (Wildman–Crippen MR) is 90.6 cm³/mol. The summed E-state index contributed by atoms with van der Waals surface area (Å²) >= 11 is 0. The van der Waals surface area contributed by atoms with Crippen LogP contribution < -0.4 is 5.73 Å². The van der Waals surface area contributed by atoms with E-state index < -0.39 is 0 Å². The van der Waals surface area contributed by atoms with E-state index in [0.717, 1.165) is 27.8 Å². The Morgan fingerprint density at radius 1 is 1.09 bits per heavy atom. The number of fused-ring (bicyclic) bond motifs is 1. The molecule has 2 aromatic rings. The van der Waals surface area contributed by atoms with Crippen LogP contribution in [0.2, 0.25) is 0 Å². The lowest BCUT2D eigenvalue weighted by Gasteiger charge is -2.10. The van der Waals surface area contributed by atoms with Gasteiger partial charge in [0.15, 0.2) is 0 Å². The van der Waals surface area contributed by atoms with Crippen molar-refractivity contribution in [1.29, 1.82) is 10.5 Å². The van der Waals surface area contributed by atoms with Gasteiger partial charge >= 0.3 is 0 Å². The van der Waals surface area contributed by atoms with E-state index in [9.17, 15) is 10.5 Å². The lowest BCUT2D eigenvalue weighted by molar-refractivity contribution is 1.22. The highest BCUT2D eigenvalue weighted by molar-refractivity contribution is 6.08. The minimum atomic E-state index is 0.172. The zero-order chi connectivity index (χ0) is 16.6. The molecule has 3 rings (SSSR count). The molecule has 2 N–H and O–H groups in total. The van der Waals surface area contributed by atoms with Gasteiger partial charge in [0.1, 0.15) is 18.0 Å². The summed E-state index contributed by atoms with van der Waals surface area (Å²) in [6.07, 6.45) is 2.02. The van der Waals surface area contributed by atoms with Crippen LogP contribution in [0.4, 0.5) is 5.82 Å². The summed E-state index contributed by atoms with van der Waals surface area (Å²) in [6, 6.07) is 14.2. The third-order valence-corrected chi connectivity index (χ3v) is 4.09. The minimum absolute atomic E-state index is 0.172. The predicted octanol–water partition coefficient (Wildman–Crippen LogP) is 3.70. The molecule has 0 bridgehead atoms. The molecule has 1 heterocycles. The molecule has 1 aliphatic carbocycles. The van der Waals surface area contributed by atoms with E-state index in [1.807, 2.05) is 50.3 Å². The van der Waals surface area contributed by atoms with E-state index in [2.05, 4.69) is 17.1 Å². The lowest BCUT2D eigenvalue weighted by Crippen LogP contribution is -2.03. The number of anilines is 1. The number of nitrogens with zero attached hydrogens (tertiary/aromatic N) is 3. The first-order valence-corrected chi connectivity index (χ1v) is 7.17. The maximum atomic E-state index is 9.49. The van der Waals surface area contributed by atoms with E-state index in [4.69, 9.17) is 5.73 Å². The average molecular weight is 298 g/mol. The summed E-state index contributed by atoms with van der Waals surface area (Å²) < 4.78 is 0. The average Bonchev–Trinajstić information content (AvgIpc) is 2.80. The van der Waals surface area contributed by atoms with Crippen LogP contribution in [-0.2, 0) is 0 Å². The zero-order valence-corrected chi connectivity index (χ0v) is 12.9. The van der Waals surface area contributed by atoms with Gasteiger partial charge in [0.05, 0.1) is 16.8 Å². The van der Waals surface area contributed by atoms with Gasteiger partial charge in [-0.1, -0.05) is 30.3 Å². The van der Waals surface area contributed by atoms with Gasteiger partial charge in [-0.05, 0) is 42.2 Å². The van der Waals surface area contributed by atoms with Gasteiger partial charge in [-0.3, -0.25) is 0 Å². The summed E-state index contributed by atoms with van der Waals surface area (Å²) in [5.41, 5.74) is 11.7. The van der Waals surface area contributed by atoms with Gasteiger partial charge in [-0.25, -0.2) is 4.98 Å². The maximum absolute atomic E-state index is 9.49. The molecule has 1 aromatic carbocycles. The van der Waals surface area contributed by atoms with Crippen LogP contribution in [0, 0.1) is 29.6 Å². The molecule has 1 aliphatic rings. The van der Waals surface area contributed by atoms with Crippen LogP contribution in [0.1, 0.15) is 34.9 Å². The lowest BCUT2D eigenvalue weighted by atomic mass is 9.95. The number of nitriles is 2. The van der Waals surface area contributed by atoms with Crippen molar-refractivity contribution in [2.45, 2.75) is 13.8 Å². The Morgan fingerprint density at radius 3 is 2.39 bits per heavy atom. The highest BCUT2D eigenvalue weighted by atomic mass is 14.9. The molecule has 110 valence electrons. The van der Waals surface area contributed by atoms with Gasteiger partial charge < -0.3 is 5.73 Å². The second-order valence-electron chi connectivity index (χ2n) is 5.41. The van der Waals surface area contributed by atoms with Crippen molar-refractivity contribution in [3.05, 3.63) is 63.9 Å². The molecule has 0 fully saturated rings. The summed E-state index contributed by atoms with van der Waals surface area (Å²) in [4.78, 5) is 4.31. The first kappa shape index (κ1) is 14.6. The van der Waals surface area contributed by atoms with E-state index in [0.29, 0.717) is 16.8 Å². The molecule has 0 amide bonds. The maximum Gasteiger partial charge on any atom is 0.142 e. The van der Waals surface area contributed by atoms with Crippen LogP contribution in [0.25, 0.3) is 17.2 Å². The Morgan fingerprint density at radius 2 is 1.78 bits per heavy atom. The molecule has 0 aliphatic heterocycles. The molecule has 23 heavy (non-hydrogen) atoms. The monoisotopic (exact) mass is 298 g/mol. The SMILES string of the molecule is CC1=C(C#N)c2nc(N)c(C#N)c(C)c2/C1=C/c1ccccc1. The van der Waals surface area contributed by atoms with Crippen molar-refractivity contribution in [1.82, 2.24) is 4.98 Å². The van der Waals surface area contributed by atoms with Gasteiger partial charge in [-0.2, -0.15) is 10.5 Å². The summed E-state index contributed by atoms with van der Waals surface area (Å²) in [5.74, 6) is 0.172. The van der Waals surface area contributed by atoms with Gasteiger partial charge in [0.2, 0.25) is 0 Å². The van der Waals surface area contributed by atoms with Gasteiger partial charge in [-0.15, -0.1) is 0 Å². The van der Waals surface area contributed by atoms with Crippen molar-refractivity contribution in [2.75, 3.05) is 5.73 Å². The molecular weight excluding hydrogens is 284 g/mol. The number of nitrogens with two attached hydrogens (primary N) is 1. The number of hydrogen-bond donors (Lipinski definition) is 1. The van der Waals surface area contributed by atoms with Crippen molar-refractivity contribution in [2.24, 2.45) is 0 Å². The molecule has 0 saturated carbocycles. The number of rotatable bonds is 1. The third-order valence-electron chi connectivity index (χ3n) is 4.09. The van der Waals surface area contributed by atoms with Crippen molar-refractivity contribution >= 4 is 23.0 Å². The number of nitrogen functional groups attached to an aromatic ring is 1. The Labute approximate surface area is 134 Å². The minimum Gasteiger partial charge on any atom is -0.383 e. The topological polar surface area (TPSA) is 86.5 Å². The fourth-order valence-electron chi connectivity index (χ4n) is 2.91. The number of benzene rings is 1.